The lowest BCUT2D eigenvalue weighted by Gasteiger charge is -2.35. The number of halogens is 1. The molecule has 1 saturated heterocycles. The molecule has 2 heterocycles. The second-order valence-electron chi connectivity index (χ2n) is 7.86. The number of benzene rings is 1. The van der Waals surface area contributed by atoms with Crippen LogP contribution in [-0.4, -0.2) is 39.2 Å². The maximum Gasteiger partial charge on any atom is 0.262 e. The molecule has 1 aliphatic rings. The molecule has 0 radical (unpaired) electrons. The van der Waals surface area contributed by atoms with E-state index in [2.05, 4.69) is 18.8 Å². The molecular formula is C20H26ClN3O2S. The number of nitrogens with zero attached hydrogens (tertiary/aromatic N) is 3. The number of hydrogen-bond acceptors (Lipinski definition) is 4. The van der Waals surface area contributed by atoms with Crippen LogP contribution in [0.25, 0.3) is 10.9 Å². The van der Waals surface area contributed by atoms with Crippen LogP contribution in [0.5, 0.6) is 0 Å². The molecule has 5 nitrogen and oxygen atoms in total. The molecule has 1 aromatic carbocycles. The molecule has 0 unspecified atom stereocenters. The van der Waals surface area contributed by atoms with Crippen molar-refractivity contribution in [2.45, 2.75) is 45.3 Å². The van der Waals surface area contributed by atoms with Crippen molar-refractivity contribution in [1.82, 2.24) is 14.5 Å². The van der Waals surface area contributed by atoms with Crippen LogP contribution in [0.4, 0.5) is 0 Å². The topological polar surface area (TPSA) is 55.2 Å². The quantitative estimate of drug-likeness (QED) is 0.562. The van der Waals surface area contributed by atoms with Crippen LogP contribution in [0.15, 0.2) is 28.2 Å². The van der Waals surface area contributed by atoms with E-state index < -0.39 is 0 Å². The number of carbonyl (C=O) groups excluding carboxylic acids is 1. The summed E-state index contributed by atoms with van der Waals surface area (Å²) in [7, 11) is 0. The average molecular weight is 408 g/mol. The molecule has 1 fully saturated rings. The summed E-state index contributed by atoms with van der Waals surface area (Å²) < 4.78 is 1.66. The van der Waals surface area contributed by atoms with Gasteiger partial charge in [-0.1, -0.05) is 37.2 Å². The van der Waals surface area contributed by atoms with E-state index in [1.807, 2.05) is 18.7 Å². The molecule has 0 aliphatic carbocycles. The first-order valence-electron chi connectivity index (χ1n) is 9.38. The molecule has 3 rings (SSSR count). The second kappa shape index (κ2) is 8.23. The summed E-state index contributed by atoms with van der Waals surface area (Å²) in [4.78, 5) is 32.2. The summed E-state index contributed by atoms with van der Waals surface area (Å²) >= 11 is 7.40. The molecule has 7 heteroatoms. The Morgan fingerprint density at radius 3 is 2.59 bits per heavy atom. The summed E-state index contributed by atoms with van der Waals surface area (Å²) in [6.07, 6.45) is 1.16. The molecule has 1 aliphatic heterocycles. The monoisotopic (exact) mass is 407 g/mol. The van der Waals surface area contributed by atoms with Gasteiger partial charge in [-0.25, -0.2) is 4.98 Å². The van der Waals surface area contributed by atoms with Crippen LogP contribution in [0.1, 0.15) is 40.2 Å². The first-order valence-corrected chi connectivity index (χ1v) is 10.7. The lowest BCUT2D eigenvalue weighted by molar-refractivity contribution is -0.130. The van der Waals surface area contributed by atoms with Crippen molar-refractivity contribution in [2.75, 3.05) is 18.8 Å². The van der Waals surface area contributed by atoms with E-state index in [-0.39, 0.29) is 23.3 Å². The van der Waals surface area contributed by atoms with E-state index >= 15 is 0 Å². The molecule has 0 saturated carbocycles. The van der Waals surface area contributed by atoms with Crippen molar-refractivity contribution in [1.29, 1.82) is 0 Å². The standard InChI is InChI=1S/C20H26ClN3O2S/c1-12(2)24-19(26)16-6-5-15(21)8-17(16)22-20(24)27-11-18(25)23-9-13(3)7-14(4)10-23/h5-6,8,12-14H,7,9-11H2,1-4H3/t13-,14+. The Labute approximate surface area is 169 Å². The van der Waals surface area contributed by atoms with Crippen LogP contribution < -0.4 is 5.56 Å². The van der Waals surface area contributed by atoms with Gasteiger partial charge < -0.3 is 4.90 Å². The number of thioether (sulfide) groups is 1. The highest BCUT2D eigenvalue weighted by Crippen LogP contribution is 2.25. The van der Waals surface area contributed by atoms with Crippen LogP contribution in [0.2, 0.25) is 5.02 Å². The van der Waals surface area contributed by atoms with Crippen molar-refractivity contribution in [3.8, 4) is 0 Å². The molecule has 146 valence electrons. The predicted octanol–water partition coefficient (Wildman–Crippen LogP) is 4.23. The smallest absolute Gasteiger partial charge is 0.262 e. The first-order chi connectivity index (χ1) is 12.8. The fraction of sp³-hybridized carbons (Fsp3) is 0.550. The Morgan fingerprint density at radius 2 is 1.96 bits per heavy atom. The zero-order valence-electron chi connectivity index (χ0n) is 16.2. The minimum atomic E-state index is -0.0955. The Hall–Kier alpha value is -1.53. The SMILES string of the molecule is CC(C)n1c(SCC(=O)N2C[C@H](C)C[C@H](C)C2)nc2cc(Cl)ccc2c1=O. The zero-order chi connectivity index (χ0) is 19.7. The second-order valence-corrected chi connectivity index (χ2v) is 9.24. The fourth-order valence-corrected chi connectivity index (χ4v) is 4.99. The van der Waals surface area contributed by atoms with Gasteiger partial charge in [-0.15, -0.1) is 0 Å². The minimum absolute atomic E-state index is 0.0438. The average Bonchev–Trinajstić information content (AvgIpc) is 2.58. The highest BCUT2D eigenvalue weighted by Gasteiger charge is 2.26. The third-order valence-electron chi connectivity index (χ3n) is 4.89. The summed E-state index contributed by atoms with van der Waals surface area (Å²) in [5.74, 6) is 1.44. The highest BCUT2D eigenvalue weighted by molar-refractivity contribution is 7.99. The fourth-order valence-electron chi connectivity index (χ4n) is 3.79. The lowest BCUT2D eigenvalue weighted by Crippen LogP contribution is -2.43. The third-order valence-corrected chi connectivity index (χ3v) is 6.07. The van der Waals surface area contributed by atoms with Gasteiger partial charge in [0.2, 0.25) is 5.91 Å². The molecule has 1 amide bonds. The van der Waals surface area contributed by atoms with Gasteiger partial charge in [0, 0.05) is 24.2 Å². The molecule has 2 aromatic rings. The summed E-state index contributed by atoms with van der Waals surface area (Å²) in [5, 5.41) is 1.65. The van der Waals surface area contributed by atoms with Crippen LogP contribution in [-0.2, 0) is 4.79 Å². The summed E-state index contributed by atoms with van der Waals surface area (Å²) in [6.45, 7) is 9.89. The van der Waals surface area contributed by atoms with Gasteiger partial charge in [-0.2, -0.15) is 0 Å². The maximum absolute atomic E-state index is 12.9. The number of fused-ring (bicyclic) bond motifs is 1. The number of rotatable bonds is 4. The van der Waals surface area contributed by atoms with Crippen molar-refractivity contribution in [3.63, 3.8) is 0 Å². The predicted molar refractivity (Wildman–Crippen MR) is 112 cm³/mol. The summed E-state index contributed by atoms with van der Waals surface area (Å²) in [5.41, 5.74) is 0.474. The van der Waals surface area contributed by atoms with Crippen molar-refractivity contribution in [2.24, 2.45) is 11.8 Å². The molecule has 0 bridgehead atoms. The first kappa shape index (κ1) is 20.2. The molecule has 27 heavy (non-hydrogen) atoms. The van der Waals surface area contributed by atoms with Crippen molar-refractivity contribution in [3.05, 3.63) is 33.6 Å². The zero-order valence-corrected chi connectivity index (χ0v) is 17.8. The number of likely N-dealkylation sites (tertiary alicyclic amines) is 1. The normalized spacial score (nSPS) is 20.4. The van der Waals surface area contributed by atoms with E-state index in [0.29, 0.717) is 32.9 Å². The van der Waals surface area contributed by atoms with Crippen molar-refractivity contribution < 1.29 is 4.79 Å². The van der Waals surface area contributed by atoms with E-state index in [9.17, 15) is 9.59 Å². The number of amides is 1. The van der Waals surface area contributed by atoms with E-state index in [0.717, 1.165) is 19.5 Å². The number of carbonyl (C=O) groups is 1. The van der Waals surface area contributed by atoms with Crippen molar-refractivity contribution >= 4 is 40.2 Å². The molecule has 0 N–H and O–H groups in total. The van der Waals surface area contributed by atoms with Gasteiger partial charge in [0.05, 0.1) is 16.7 Å². The van der Waals surface area contributed by atoms with Crippen LogP contribution in [0.3, 0.4) is 0 Å². The van der Waals surface area contributed by atoms with Gasteiger partial charge >= 0.3 is 0 Å². The third kappa shape index (κ3) is 4.49. The van der Waals surface area contributed by atoms with Crippen LogP contribution >= 0.6 is 23.4 Å². The molecule has 1 aromatic heterocycles. The molecular weight excluding hydrogens is 382 g/mol. The van der Waals surface area contributed by atoms with Gasteiger partial charge in [0.15, 0.2) is 5.16 Å². The van der Waals surface area contributed by atoms with Gasteiger partial charge in [0.1, 0.15) is 0 Å². The minimum Gasteiger partial charge on any atom is -0.341 e. The van der Waals surface area contributed by atoms with Gasteiger partial charge in [-0.3, -0.25) is 14.2 Å². The van der Waals surface area contributed by atoms with Gasteiger partial charge in [-0.05, 0) is 50.3 Å². The Morgan fingerprint density at radius 1 is 1.30 bits per heavy atom. The maximum atomic E-state index is 12.9. The van der Waals surface area contributed by atoms with E-state index in [1.165, 1.54) is 11.8 Å². The highest BCUT2D eigenvalue weighted by atomic mass is 35.5. The van der Waals surface area contributed by atoms with E-state index in [1.54, 1.807) is 22.8 Å². The Balaban J connectivity index is 1.86. The Kier molecular flexibility index (Phi) is 6.16. The number of aromatic nitrogens is 2. The van der Waals surface area contributed by atoms with Crippen LogP contribution in [0, 0.1) is 11.8 Å². The van der Waals surface area contributed by atoms with Gasteiger partial charge in [0.25, 0.3) is 5.56 Å². The summed E-state index contributed by atoms with van der Waals surface area (Å²) in [6, 6.07) is 5.06. The number of hydrogen-bond donors (Lipinski definition) is 0. The number of piperidine rings is 1. The molecule has 2 atom stereocenters. The Bertz CT molecular complexity index is 902. The van der Waals surface area contributed by atoms with E-state index in [4.69, 9.17) is 11.6 Å². The lowest BCUT2D eigenvalue weighted by atomic mass is 9.92. The molecule has 0 spiro atoms. The largest absolute Gasteiger partial charge is 0.341 e.